The van der Waals surface area contributed by atoms with Crippen molar-refractivity contribution in [3.05, 3.63) is 11.6 Å². The highest BCUT2D eigenvalue weighted by Crippen LogP contribution is 2.51. The molecule has 0 spiro atoms. The highest BCUT2D eigenvalue weighted by molar-refractivity contribution is 9.10. The highest BCUT2D eigenvalue weighted by Gasteiger charge is 2.47. The number of rotatable bonds is 1. The maximum atomic E-state index is 6.46. The zero-order valence-corrected chi connectivity index (χ0v) is 12.9. The number of alkyl halides is 3. The first kappa shape index (κ1) is 13.3. The Kier molecular flexibility index (Phi) is 4.43. The molecule has 4 atom stereocenters. The van der Waals surface area contributed by atoms with Crippen LogP contribution in [0.5, 0.6) is 0 Å². The van der Waals surface area contributed by atoms with Gasteiger partial charge in [0.05, 0.1) is 4.87 Å². The molecule has 1 aliphatic rings. The minimum absolute atomic E-state index is 0.0442. The molecule has 14 heavy (non-hydrogen) atoms. The molecular formula is C10H14Br2Cl2. The Balaban J connectivity index is 2.89. The van der Waals surface area contributed by atoms with Gasteiger partial charge in [0.25, 0.3) is 0 Å². The maximum absolute atomic E-state index is 6.46. The van der Waals surface area contributed by atoms with E-state index in [4.69, 9.17) is 23.2 Å². The summed E-state index contributed by atoms with van der Waals surface area (Å²) in [5, 5.41) is 0. The van der Waals surface area contributed by atoms with Crippen molar-refractivity contribution >= 4 is 55.1 Å². The summed E-state index contributed by atoms with van der Waals surface area (Å²) in [4.78, 5) is 0.564. The number of halogens is 4. The Labute approximate surface area is 113 Å². The maximum Gasteiger partial charge on any atom is 0.0552 e. The molecule has 0 saturated heterocycles. The molecule has 82 valence electrons. The van der Waals surface area contributed by atoms with E-state index in [1.54, 1.807) is 5.54 Å². The molecule has 1 aliphatic carbocycles. The van der Waals surface area contributed by atoms with Crippen LogP contribution in [0.15, 0.2) is 11.6 Å². The smallest absolute Gasteiger partial charge is 0.0552 e. The average molecular weight is 365 g/mol. The van der Waals surface area contributed by atoms with Crippen LogP contribution in [0, 0.1) is 5.41 Å². The third kappa shape index (κ3) is 2.69. The Bertz CT molecular complexity index is 240. The van der Waals surface area contributed by atoms with Crippen LogP contribution in [0.3, 0.4) is 0 Å². The van der Waals surface area contributed by atoms with Crippen LogP contribution < -0.4 is 0 Å². The van der Waals surface area contributed by atoms with Gasteiger partial charge in [0.15, 0.2) is 0 Å². The molecule has 0 aromatic rings. The summed E-state index contributed by atoms with van der Waals surface area (Å²) >= 11 is 19.5. The van der Waals surface area contributed by atoms with Crippen molar-refractivity contribution in [2.45, 2.75) is 41.2 Å². The van der Waals surface area contributed by atoms with Gasteiger partial charge < -0.3 is 0 Å². The molecule has 1 rings (SSSR count). The number of hydrogen-bond acceptors (Lipinski definition) is 0. The SMILES string of the molecule is CC1(Cl)CC(C)(C=CCl)C(Br)CC1Br. The first-order valence-corrected chi connectivity index (χ1v) is 7.21. The van der Waals surface area contributed by atoms with E-state index >= 15 is 0 Å². The minimum Gasteiger partial charge on any atom is -0.118 e. The molecule has 4 unspecified atom stereocenters. The third-order valence-corrected chi connectivity index (χ3v) is 6.54. The van der Waals surface area contributed by atoms with Crippen molar-refractivity contribution in [2.75, 3.05) is 0 Å². The summed E-state index contributed by atoms with van der Waals surface area (Å²) < 4.78 is 0. The van der Waals surface area contributed by atoms with Crippen LogP contribution in [-0.2, 0) is 0 Å². The Morgan fingerprint density at radius 2 is 1.86 bits per heavy atom. The van der Waals surface area contributed by atoms with Crippen molar-refractivity contribution in [3.63, 3.8) is 0 Å². The lowest BCUT2D eigenvalue weighted by Gasteiger charge is -2.46. The fraction of sp³-hybridized carbons (Fsp3) is 0.800. The normalized spacial score (nSPS) is 49.9. The molecule has 0 nitrogen and oxygen atoms in total. The monoisotopic (exact) mass is 362 g/mol. The van der Waals surface area contributed by atoms with Gasteiger partial charge in [-0.2, -0.15) is 0 Å². The molecular weight excluding hydrogens is 351 g/mol. The van der Waals surface area contributed by atoms with Crippen molar-refractivity contribution < 1.29 is 0 Å². The Morgan fingerprint density at radius 3 is 2.36 bits per heavy atom. The van der Waals surface area contributed by atoms with E-state index in [2.05, 4.69) is 45.7 Å². The van der Waals surface area contributed by atoms with E-state index < -0.39 is 0 Å². The van der Waals surface area contributed by atoms with Gasteiger partial charge in [0, 0.05) is 20.6 Å². The third-order valence-electron chi connectivity index (χ3n) is 2.95. The first-order valence-electron chi connectivity index (χ1n) is 4.57. The van der Waals surface area contributed by atoms with Crippen molar-refractivity contribution in [1.29, 1.82) is 0 Å². The van der Waals surface area contributed by atoms with Crippen molar-refractivity contribution in [1.82, 2.24) is 0 Å². The Hall–Kier alpha value is 1.28. The second kappa shape index (κ2) is 4.65. The lowest BCUT2D eigenvalue weighted by Crippen LogP contribution is -2.46. The molecule has 0 N–H and O–H groups in total. The predicted molar refractivity (Wildman–Crippen MR) is 72.0 cm³/mol. The highest BCUT2D eigenvalue weighted by atomic mass is 79.9. The lowest BCUT2D eigenvalue weighted by atomic mass is 9.71. The Morgan fingerprint density at radius 1 is 1.29 bits per heavy atom. The molecule has 0 bridgehead atoms. The van der Waals surface area contributed by atoms with E-state index in [1.165, 1.54) is 0 Å². The summed E-state index contributed by atoms with van der Waals surface area (Å²) in [6.07, 6.45) is 3.96. The first-order chi connectivity index (χ1) is 6.32. The van der Waals surface area contributed by atoms with E-state index in [1.807, 2.05) is 6.08 Å². The van der Waals surface area contributed by atoms with Gasteiger partial charge in [0.1, 0.15) is 0 Å². The van der Waals surface area contributed by atoms with Gasteiger partial charge in [-0.05, 0) is 19.8 Å². The van der Waals surface area contributed by atoms with Crippen LogP contribution in [0.1, 0.15) is 26.7 Å². The predicted octanol–water partition coefficient (Wildman–Crippen LogP) is 5.06. The van der Waals surface area contributed by atoms with Gasteiger partial charge >= 0.3 is 0 Å². The minimum atomic E-state index is -0.199. The molecule has 1 fully saturated rings. The molecule has 0 aromatic heterocycles. The number of allylic oxidation sites excluding steroid dienone is 1. The molecule has 0 radical (unpaired) electrons. The summed E-state index contributed by atoms with van der Waals surface area (Å²) in [6, 6.07) is 0. The topological polar surface area (TPSA) is 0 Å². The molecule has 0 amide bonds. The van der Waals surface area contributed by atoms with Crippen LogP contribution in [0.4, 0.5) is 0 Å². The van der Waals surface area contributed by atoms with Gasteiger partial charge in [-0.25, -0.2) is 0 Å². The fourth-order valence-corrected chi connectivity index (χ4v) is 4.36. The average Bonchev–Trinajstić information content (AvgIpc) is 2.01. The number of hydrogen-bond donors (Lipinski definition) is 0. The zero-order valence-electron chi connectivity index (χ0n) is 8.24. The molecule has 0 aromatic carbocycles. The summed E-state index contributed by atoms with van der Waals surface area (Å²) in [5.41, 5.74) is 1.64. The van der Waals surface area contributed by atoms with Gasteiger partial charge in [-0.15, -0.1) is 11.6 Å². The van der Waals surface area contributed by atoms with Crippen LogP contribution in [-0.4, -0.2) is 14.5 Å². The van der Waals surface area contributed by atoms with Gasteiger partial charge in [0.2, 0.25) is 0 Å². The molecule has 1 saturated carbocycles. The summed E-state index contributed by atoms with van der Waals surface area (Å²) in [6.45, 7) is 4.26. The molecule has 0 heterocycles. The standard InChI is InChI=1S/C10H14Br2Cl2/c1-9(3-4-13)6-10(2,14)8(12)5-7(9)11/h3-4,7-8H,5-6H2,1-2H3. The summed E-state index contributed by atoms with van der Waals surface area (Å²) in [5.74, 6) is 0. The van der Waals surface area contributed by atoms with E-state index in [9.17, 15) is 0 Å². The fourth-order valence-electron chi connectivity index (χ4n) is 1.97. The van der Waals surface area contributed by atoms with E-state index in [-0.39, 0.29) is 10.3 Å². The lowest BCUT2D eigenvalue weighted by molar-refractivity contribution is 0.265. The summed E-state index contributed by atoms with van der Waals surface area (Å²) in [7, 11) is 0. The quantitative estimate of drug-likeness (QED) is 0.570. The van der Waals surface area contributed by atoms with Crippen molar-refractivity contribution in [2.24, 2.45) is 5.41 Å². The molecule has 0 aliphatic heterocycles. The van der Waals surface area contributed by atoms with Crippen LogP contribution in [0.2, 0.25) is 0 Å². The van der Waals surface area contributed by atoms with Crippen LogP contribution >= 0.6 is 55.1 Å². The second-order valence-electron chi connectivity index (χ2n) is 4.42. The van der Waals surface area contributed by atoms with Crippen LogP contribution in [0.25, 0.3) is 0 Å². The largest absolute Gasteiger partial charge is 0.118 e. The van der Waals surface area contributed by atoms with Gasteiger partial charge in [-0.3, -0.25) is 0 Å². The molecule has 4 heteroatoms. The van der Waals surface area contributed by atoms with E-state index in [0.717, 1.165) is 12.8 Å². The zero-order chi connectivity index (χ0) is 11.0. The van der Waals surface area contributed by atoms with Crippen molar-refractivity contribution in [3.8, 4) is 0 Å². The van der Waals surface area contributed by atoms with E-state index in [0.29, 0.717) is 9.65 Å². The second-order valence-corrected chi connectivity index (χ2v) is 7.75. The van der Waals surface area contributed by atoms with Gasteiger partial charge in [-0.1, -0.05) is 56.5 Å².